The normalized spacial score (nSPS) is 12.7. The number of alkyl halides is 3. The van der Waals surface area contributed by atoms with Crippen molar-refractivity contribution in [3.63, 3.8) is 0 Å². The predicted molar refractivity (Wildman–Crippen MR) is 115 cm³/mol. The molecule has 0 aliphatic heterocycles. The fourth-order valence-corrected chi connectivity index (χ4v) is 4.35. The summed E-state index contributed by atoms with van der Waals surface area (Å²) in [6, 6.07) is 15.4. The highest BCUT2D eigenvalue weighted by Crippen LogP contribution is 2.36. The molecule has 2 aromatic heterocycles. The number of amides is 1. The summed E-state index contributed by atoms with van der Waals surface area (Å²) >= 11 is 1.15. The molecule has 1 atom stereocenters. The van der Waals surface area contributed by atoms with E-state index in [9.17, 15) is 18.0 Å². The van der Waals surface area contributed by atoms with Crippen molar-refractivity contribution in [3.8, 4) is 0 Å². The molecule has 164 valence electrons. The van der Waals surface area contributed by atoms with Crippen molar-refractivity contribution >= 4 is 29.1 Å². The van der Waals surface area contributed by atoms with Crippen molar-refractivity contribution in [2.24, 2.45) is 0 Å². The molecule has 0 saturated heterocycles. The predicted octanol–water partition coefficient (Wildman–Crippen LogP) is 5.23. The van der Waals surface area contributed by atoms with E-state index in [1.54, 1.807) is 28.7 Å². The average Bonchev–Trinajstić information content (AvgIpc) is 3.15. The number of fused-ring (bicyclic) bond motifs is 1. The van der Waals surface area contributed by atoms with E-state index in [0.717, 1.165) is 35.3 Å². The van der Waals surface area contributed by atoms with Gasteiger partial charge in [-0.2, -0.15) is 13.2 Å². The van der Waals surface area contributed by atoms with Gasteiger partial charge in [0.1, 0.15) is 5.25 Å². The molecule has 4 aromatic rings. The van der Waals surface area contributed by atoms with Gasteiger partial charge in [0.2, 0.25) is 5.91 Å². The van der Waals surface area contributed by atoms with Crippen LogP contribution in [0.3, 0.4) is 0 Å². The molecule has 4 rings (SSSR count). The Balaban J connectivity index is 1.68. The van der Waals surface area contributed by atoms with Gasteiger partial charge in [-0.05, 0) is 43.7 Å². The summed E-state index contributed by atoms with van der Waals surface area (Å²) in [5, 5.41) is 10.6. The third-order valence-electron chi connectivity index (χ3n) is 4.68. The maximum absolute atomic E-state index is 13.2. The minimum atomic E-state index is -4.50. The Labute approximate surface area is 185 Å². The monoisotopic (exact) mass is 457 g/mol. The number of carbonyl (C=O) groups excluding carboxylic acids is 1. The molecule has 0 radical (unpaired) electrons. The van der Waals surface area contributed by atoms with Crippen LogP contribution in [0.2, 0.25) is 0 Å². The number of benzene rings is 2. The Kier molecular flexibility index (Phi) is 5.88. The molecule has 0 aliphatic rings. The summed E-state index contributed by atoms with van der Waals surface area (Å²) in [5.74, 6) is -0.0647. The van der Waals surface area contributed by atoms with E-state index in [4.69, 9.17) is 0 Å². The lowest BCUT2D eigenvalue weighted by Crippen LogP contribution is -2.20. The third-order valence-corrected chi connectivity index (χ3v) is 5.88. The zero-order chi connectivity index (χ0) is 22.9. The van der Waals surface area contributed by atoms with E-state index in [0.29, 0.717) is 16.5 Å². The Hall–Kier alpha value is -3.40. The lowest BCUT2D eigenvalue weighted by molar-refractivity contribution is -0.137. The molecule has 32 heavy (non-hydrogen) atoms. The van der Waals surface area contributed by atoms with Crippen molar-refractivity contribution < 1.29 is 18.0 Å². The first-order valence-electron chi connectivity index (χ1n) is 9.61. The number of rotatable bonds is 5. The van der Waals surface area contributed by atoms with Crippen molar-refractivity contribution in [2.75, 3.05) is 5.32 Å². The molecular formula is C22H18F3N5OS. The molecule has 10 heteroatoms. The van der Waals surface area contributed by atoms with Crippen molar-refractivity contribution in [1.82, 2.24) is 19.6 Å². The molecular weight excluding hydrogens is 439 g/mol. The highest BCUT2D eigenvalue weighted by molar-refractivity contribution is 8.00. The number of nitrogens with zero attached hydrogens (tertiary/aromatic N) is 4. The molecule has 0 bridgehead atoms. The van der Waals surface area contributed by atoms with Gasteiger partial charge in [-0.1, -0.05) is 48.2 Å². The lowest BCUT2D eigenvalue weighted by atomic mass is 10.1. The highest BCUT2D eigenvalue weighted by atomic mass is 32.2. The van der Waals surface area contributed by atoms with E-state index in [2.05, 4.69) is 20.5 Å². The average molecular weight is 457 g/mol. The quantitative estimate of drug-likeness (QED) is 0.416. The summed E-state index contributed by atoms with van der Waals surface area (Å²) < 4.78 is 40.9. The number of carbonyl (C=O) groups is 1. The van der Waals surface area contributed by atoms with Gasteiger partial charge in [0.05, 0.1) is 5.56 Å². The first kappa shape index (κ1) is 21.8. The Bertz CT molecular complexity index is 1270. The Morgan fingerprint density at radius 2 is 1.78 bits per heavy atom. The van der Waals surface area contributed by atoms with Crippen LogP contribution < -0.4 is 5.32 Å². The summed E-state index contributed by atoms with van der Waals surface area (Å²) in [6.07, 6.45) is -4.50. The molecule has 0 aliphatic carbocycles. The fourth-order valence-electron chi connectivity index (χ4n) is 3.26. The zero-order valence-corrected chi connectivity index (χ0v) is 17.9. The van der Waals surface area contributed by atoms with E-state index in [1.807, 2.05) is 26.0 Å². The number of halogens is 3. The number of anilines is 1. The molecule has 6 nitrogen and oxygen atoms in total. The molecule has 2 heterocycles. The standard InChI is InChI=1S/C22H18F3N5OS/c1-13-11-14(2)30-20(26-13)28-29-21(30)32-18(15-7-4-3-5-8-15)19(31)27-17-10-6-9-16(12-17)22(23,24)25/h3-12,18H,1-2H3,(H,27,31)/t18-/m0/s1. The van der Waals surface area contributed by atoms with Gasteiger partial charge in [0, 0.05) is 17.1 Å². The first-order valence-corrected chi connectivity index (χ1v) is 10.5. The molecule has 2 aromatic carbocycles. The maximum atomic E-state index is 13.2. The largest absolute Gasteiger partial charge is 0.416 e. The smallest absolute Gasteiger partial charge is 0.325 e. The van der Waals surface area contributed by atoms with Crippen LogP contribution in [-0.2, 0) is 11.0 Å². The van der Waals surface area contributed by atoms with Crippen LogP contribution in [-0.4, -0.2) is 25.5 Å². The van der Waals surface area contributed by atoms with Crippen LogP contribution in [0.4, 0.5) is 18.9 Å². The summed E-state index contributed by atoms with van der Waals surface area (Å²) in [5.41, 5.74) is 1.55. The number of aryl methyl sites for hydroxylation is 2. The number of aromatic nitrogens is 4. The SMILES string of the molecule is Cc1cc(C)n2c(S[C@H](C(=O)Nc3cccc(C(F)(F)F)c3)c3ccccc3)nnc2n1. The van der Waals surface area contributed by atoms with Crippen LogP contribution in [0, 0.1) is 13.8 Å². The summed E-state index contributed by atoms with van der Waals surface area (Å²) in [6.45, 7) is 3.74. The third kappa shape index (κ3) is 4.59. The van der Waals surface area contributed by atoms with Gasteiger partial charge in [0.15, 0.2) is 5.16 Å². The highest BCUT2D eigenvalue weighted by Gasteiger charge is 2.31. The van der Waals surface area contributed by atoms with Gasteiger partial charge in [0.25, 0.3) is 5.78 Å². The van der Waals surface area contributed by atoms with Crippen molar-refractivity contribution in [3.05, 3.63) is 83.2 Å². The van der Waals surface area contributed by atoms with Crippen LogP contribution in [0.25, 0.3) is 5.78 Å². The van der Waals surface area contributed by atoms with E-state index in [-0.39, 0.29) is 5.69 Å². The molecule has 0 spiro atoms. The van der Waals surface area contributed by atoms with E-state index in [1.165, 1.54) is 12.1 Å². The van der Waals surface area contributed by atoms with Crippen LogP contribution >= 0.6 is 11.8 Å². The van der Waals surface area contributed by atoms with Crippen LogP contribution in [0.5, 0.6) is 0 Å². The van der Waals surface area contributed by atoms with Gasteiger partial charge < -0.3 is 5.32 Å². The zero-order valence-electron chi connectivity index (χ0n) is 17.1. The van der Waals surface area contributed by atoms with E-state index >= 15 is 0 Å². The molecule has 0 fully saturated rings. The minimum Gasteiger partial charge on any atom is -0.325 e. The van der Waals surface area contributed by atoms with Crippen molar-refractivity contribution in [2.45, 2.75) is 30.4 Å². The second kappa shape index (κ2) is 8.62. The fraction of sp³-hybridized carbons (Fsp3) is 0.182. The maximum Gasteiger partial charge on any atom is 0.416 e. The van der Waals surface area contributed by atoms with Gasteiger partial charge in [-0.3, -0.25) is 9.20 Å². The molecule has 0 saturated carbocycles. The van der Waals surface area contributed by atoms with Crippen molar-refractivity contribution in [1.29, 1.82) is 0 Å². The lowest BCUT2D eigenvalue weighted by Gasteiger charge is -2.17. The first-order chi connectivity index (χ1) is 15.2. The van der Waals surface area contributed by atoms with Crippen LogP contribution in [0.15, 0.2) is 65.8 Å². The second-order valence-corrected chi connectivity index (χ2v) is 8.21. The van der Waals surface area contributed by atoms with E-state index < -0.39 is 22.9 Å². The second-order valence-electron chi connectivity index (χ2n) is 7.13. The summed E-state index contributed by atoms with van der Waals surface area (Å²) in [7, 11) is 0. The Morgan fingerprint density at radius 3 is 2.50 bits per heavy atom. The number of hydrogen-bond acceptors (Lipinski definition) is 5. The topological polar surface area (TPSA) is 72.2 Å². The molecule has 0 unspecified atom stereocenters. The number of nitrogens with one attached hydrogen (secondary N) is 1. The van der Waals surface area contributed by atoms with Gasteiger partial charge in [-0.15, -0.1) is 10.2 Å². The summed E-state index contributed by atoms with van der Waals surface area (Å²) in [4.78, 5) is 17.5. The number of hydrogen-bond donors (Lipinski definition) is 1. The molecule has 1 N–H and O–H groups in total. The van der Waals surface area contributed by atoms with Gasteiger partial charge >= 0.3 is 6.18 Å². The van der Waals surface area contributed by atoms with Crippen LogP contribution in [0.1, 0.15) is 27.8 Å². The Morgan fingerprint density at radius 1 is 1.03 bits per heavy atom. The molecule has 1 amide bonds. The number of thioether (sulfide) groups is 1. The minimum absolute atomic E-state index is 0.0610. The van der Waals surface area contributed by atoms with Gasteiger partial charge in [-0.25, -0.2) is 4.98 Å².